The summed E-state index contributed by atoms with van der Waals surface area (Å²) in [6, 6.07) is 13.5. The van der Waals surface area contributed by atoms with Crippen molar-refractivity contribution in [1.82, 2.24) is 9.88 Å². The molecule has 1 N–H and O–H groups in total. The Morgan fingerprint density at radius 1 is 1.03 bits per heavy atom. The third-order valence-corrected chi connectivity index (χ3v) is 6.07. The Hall–Kier alpha value is -2.96. The Kier molecular flexibility index (Phi) is 5.94. The largest absolute Gasteiger partial charge is 0.480 e. The quantitative estimate of drug-likeness (QED) is 0.514. The van der Waals surface area contributed by atoms with Gasteiger partial charge in [-0.25, -0.2) is 14.2 Å². The zero-order valence-electron chi connectivity index (χ0n) is 16.1. The van der Waals surface area contributed by atoms with Crippen molar-refractivity contribution in [3.8, 4) is 11.1 Å². The Morgan fingerprint density at radius 3 is 2.42 bits per heavy atom. The fourth-order valence-corrected chi connectivity index (χ4v) is 4.39. The number of aromatic nitrogens is 1. The molecular weight excluding hydrogens is 442 g/mol. The lowest BCUT2D eigenvalue weighted by Gasteiger charge is -2.29. The van der Waals surface area contributed by atoms with Crippen LogP contribution < -0.4 is 0 Å². The monoisotopic (exact) mass is 458 g/mol. The molecule has 5 nitrogen and oxygen atoms in total. The van der Waals surface area contributed by atoms with E-state index in [1.54, 1.807) is 48.5 Å². The van der Waals surface area contributed by atoms with E-state index in [9.17, 15) is 19.1 Å². The maximum Gasteiger partial charge on any atom is 0.326 e. The van der Waals surface area contributed by atoms with E-state index < -0.39 is 29.8 Å². The topological polar surface area (TPSA) is 70.5 Å². The van der Waals surface area contributed by atoms with Gasteiger partial charge in [-0.3, -0.25) is 4.79 Å². The molecule has 4 rings (SSSR count). The van der Waals surface area contributed by atoms with Crippen LogP contribution in [0.25, 0.3) is 11.1 Å². The van der Waals surface area contributed by atoms with E-state index in [1.165, 1.54) is 17.2 Å². The number of hydrogen-bond acceptors (Lipinski definition) is 3. The van der Waals surface area contributed by atoms with Crippen LogP contribution in [0.1, 0.15) is 34.8 Å². The van der Waals surface area contributed by atoms with E-state index in [0.29, 0.717) is 34.6 Å². The smallest absolute Gasteiger partial charge is 0.326 e. The normalized spacial score (nSPS) is 18.2. The van der Waals surface area contributed by atoms with E-state index in [2.05, 4.69) is 4.98 Å². The van der Waals surface area contributed by atoms with Crippen molar-refractivity contribution in [2.45, 2.75) is 24.9 Å². The molecule has 0 aliphatic carbocycles. The van der Waals surface area contributed by atoms with Crippen molar-refractivity contribution >= 4 is 35.1 Å². The number of nitrogens with zero attached hydrogens (tertiary/aromatic N) is 2. The molecule has 0 bridgehead atoms. The molecule has 0 radical (unpaired) electrons. The van der Waals surface area contributed by atoms with Crippen LogP contribution in [0.4, 0.5) is 4.39 Å². The summed E-state index contributed by atoms with van der Waals surface area (Å²) in [6.45, 7) is 0. The summed E-state index contributed by atoms with van der Waals surface area (Å²) in [6.07, 6.45) is 2.22. The number of rotatable bonds is 4. The zero-order valence-corrected chi connectivity index (χ0v) is 17.6. The van der Waals surface area contributed by atoms with Crippen molar-refractivity contribution in [3.05, 3.63) is 87.9 Å². The van der Waals surface area contributed by atoms with E-state index in [0.717, 1.165) is 0 Å². The lowest BCUT2D eigenvalue weighted by molar-refractivity contribution is -0.141. The molecule has 0 spiro atoms. The third kappa shape index (κ3) is 4.01. The first-order chi connectivity index (χ1) is 14.9. The fourth-order valence-electron chi connectivity index (χ4n) is 3.97. The molecule has 1 aromatic heterocycles. The molecule has 2 atom stereocenters. The molecule has 31 heavy (non-hydrogen) atoms. The van der Waals surface area contributed by atoms with Crippen molar-refractivity contribution in [3.63, 3.8) is 0 Å². The fraction of sp³-hybridized carbons (Fsp3) is 0.174. The number of amides is 1. The molecule has 2 heterocycles. The number of aliphatic carboxylic acids is 1. The average molecular weight is 459 g/mol. The maximum absolute atomic E-state index is 14.3. The lowest BCUT2D eigenvalue weighted by atomic mass is 10.0. The molecule has 2 unspecified atom stereocenters. The second kappa shape index (κ2) is 8.65. The molecule has 1 aliphatic rings. The molecule has 1 fully saturated rings. The molecule has 1 saturated heterocycles. The second-order valence-electron chi connectivity index (χ2n) is 7.22. The Labute approximate surface area is 188 Å². The number of carbonyl (C=O) groups excluding carboxylic acids is 1. The number of halogens is 3. The SMILES string of the molecule is O=C(O)C1CCC(c2ccccc2Cl)N1C(=O)c1ccc(-c2ccnc(Cl)c2F)cc1. The first-order valence-corrected chi connectivity index (χ1v) is 10.3. The molecule has 1 amide bonds. The van der Waals surface area contributed by atoms with Crippen LogP contribution in [0.2, 0.25) is 10.2 Å². The van der Waals surface area contributed by atoms with Crippen LogP contribution in [-0.4, -0.2) is 32.9 Å². The predicted octanol–water partition coefficient (Wildman–Crippen LogP) is 5.63. The van der Waals surface area contributed by atoms with Gasteiger partial charge in [0, 0.05) is 22.3 Å². The molecule has 1 aliphatic heterocycles. The highest BCUT2D eigenvalue weighted by molar-refractivity contribution is 6.31. The van der Waals surface area contributed by atoms with E-state index in [4.69, 9.17) is 23.2 Å². The van der Waals surface area contributed by atoms with Gasteiger partial charge in [0.1, 0.15) is 6.04 Å². The van der Waals surface area contributed by atoms with Gasteiger partial charge in [0.25, 0.3) is 5.91 Å². The first kappa shape index (κ1) is 21.3. The standard InChI is InChI=1S/C23H17Cl2FN2O3/c24-17-4-2-1-3-16(17)18-9-10-19(23(30)31)28(18)22(29)14-7-5-13(6-8-14)15-11-12-27-21(25)20(15)26/h1-8,11-12,18-19H,9-10H2,(H,30,31). The minimum Gasteiger partial charge on any atom is -0.480 e. The van der Waals surface area contributed by atoms with Gasteiger partial charge in [0.05, 0.1) is 6.04 Å². The van der Waals surface area contributed by atoms with Crippen LogP contribution in [0.5, 0.6) is 0 Å². The number of carboxylic acids is 1. The van der Waals surface area contributed by atoms with Crippen LogP contribution >= 0.6 is 23.2 Å². The minimum atomic E-state index is -1.06. The Bertz CT molecular complexity index is 1150. The van der Waals surface area contributed by atoms with Crippen LogP contribution in [0.15, 0.2) is 60.8 Å². The summed E-state index contributed by atoms with van der Waals surface area (Å²) >= 11 is 12.1. The van der Waals surface area contributed by atoms with Gasteiger partial charge < -0.3 is 10.0 Å². The van der Waals surface area contributed by atoms with Gasteiger partial charge in [-0.2, -0.15) is 0 Å². The van der Waals surface area contributed by atoms with Gasteiger partial charge in [-0.1, -0.05) is 53.5 Å². The van der Waals surface area contributed by atoms with E-state index in [1.807, 2.05) is 0 Å². The highest BCUT2D eigenvalue weighted by atomic mass is 35.5. The number of pyridine rings is 1. The summed E-state index contributed by atoms with van der Waals surface area (Å²) in [5.41, 5.74) is 1.80. The summed E-state index contributed by atoms with van der Waals surface area (Å²) in [5, 5.41) is 9.92. The van der Waals surface area contributed by atoms with Crippen LogP contribution in [-0.2, 0) is 4.79 Å². The maximum atomic E-state index is 14.3. The highest BCUT2D eigenvalue weighted by Crippen LogP contribution is 2.40. The summed E-state index contributed by atoms with van der Waals surface area (Å²) in [5.74, 6) is -2.13. The molecule has 3 aromatic rings. The number of likely N-dealkylation sites (tertiary alicyclic amines) is 1. The first-order valence-electron chi connectivity index (χ1n) is 9.59. The van der Waals surface area contributed by atoms with Gasteiger partial charge in [-0.05, 0) is 48.2 Å². The van der Waals surface area contributed by atoms with Gasteiger partial charge in [0.2, 0.25) is 0 Å². The van der Waals surface area contributed by atoms with E-state index in [-0.39, 0.29) is 10.7 Å². The summed E-state index contributed by atoms with van der Waals surface area (Å²) < 4.78 is 14.3. The number of carbonyl (C=O) groups is 2. The predicted molar refractivity (Wildman–Crippen MR) is 116 cm³/mol. The zero-order chi connectivity index (χ0) is 22.1. The minimum absolute atomic E-state index is 0.235. The molecule has 8 heteroatoms. The van der Waals surface area contributed by atoms with Gasteiger partial charge in [-0.15, -0.1) is 0 Å². The number of benzene rings is 2. The lowest BCUT2D eigenvalue weighted by Crippen LogP contribution is -2.41. The second-order valence-corrected chi connectivity index (χ2v) is 7.99. The van der Waals surface area contributed by atoms with Crippen LogP contribution in [0, 0.1) is 5.82 Å². The third-order valence-electron chi connectivity index (χ3n) is 5.46. The molecular formula is C23H17Cl2FN2O3. The van der Waals surface area contributed by atoms with Crippen molar-refractivity contribution in [1.29, 1.82) is 0 Å². The Morgan fingerprint density at radius 2 is 1.74 bits per heavy atom. The molecule has 0 saturated carbocycles. The van der Waals surface area contributed by atoms with Crippen LogP contribution in [0.3, 0.4) is 0 Å². The summed E-state index contributed by atoms with van der Waals surface area (Å²) in [7, 11) is 0. The number of hydrogen-bond donors (Lipinski definition) is 1. The number of carboxylic acid groups (broad SMARTS) is 1. The van der Waals surface area contributed by atoms with Gasteiger partial charge in [0.15, 0.2) is 11.0 Å². The van der Waals surface area contributed by atoms with Gasteiger partial charge >= 0.3 is 5.97 Å². The Balaban J connectivity index is 1.68. The van der Waals surface area contributed by atoms with E-state index >= 15 is 0 Å². The highest BCUT2D eigenvalue weighted by Gasteiger charge is 2.42. The van der Waals surface area contributed by atoms with Crippen molar-refractivity contribution in [2.24, 2.45) is 0 Å². The van der Waals surface area contributed by atoms with Crippen molar-refractivity contribution in [2.75, 3.05) is 0 Å². The molecule has 2 aromatic carbocycles. The average Bonchev–Trinajstić information content (AvgIpc) is 3.21. The van der Waals surface area contributed by atoms with Crippen molar-refractivity contribution < 1.29 is 19.1 Å². The molecule has 158 valence electrons. The summed E-state index contributed by atoms with van der Waals surface area (Å²) in [4.78, 5) is 30.2.